The highest BCUT2D eigenvalue weighted by atomic mass is 32.2. The van der Waals surface area contributed by atoms with Crippen molar-refractivity contribution in [3.05, 3.63) is 0 Å². The maximum Gasteiger partial charge on any atom is 0.0689 e. The van der Waals surface area contributed by atoms with Gasteiger partial charge in [-0.3, -0.25) is 0 Å². The Balaban J connectivity index is 1.96. The molecule has 1 aliphatic heterocycles. The molecule has 1 saturated heterocycles. The van der Waals surface area contributed by atoms with Crippen LogP contribution in [0.2, 0.25) is 0 Å². The van der Waals surface area contributed by atoms with Gasteiger partial charge in [-0.1, -0.05) is 0 Å². The molecule has 0 aromatic carbocycles. The lowest BCUT2D eigenvalue weighted by Gasteiger charge is -2.44. The minimum Gasteiger partial charge on any atom is -0.392 e. The second kappa shape index (κ2) is 2.17. The van der Waals surface area contributed by atoms with Crippen molar-refractivity contribution < 1.29 is 5.11 Å². The maximum atomic E-state index is 9.86. The van der Waals surface area contributed by atoms with Crippen molar-refractivity contribution in [1.29, 1.82) is 0 Å². The zero-order chi connectivity index (χ0) is 7.42. The highest BCUT2D eigenvalue weighted by Gasteiger charge is 2.51. The van der Waals surface area contributed by atoms with Crippen molar-refractivity contribution in [2.75, 3.05) is 5.75 Å². The molecule has 4 bridgehead atoms. The zero-order valence-corrected chi connectivity index (χ0v) is 7.39. The van der Waals surface area contributed by atoms with Crippen LogP contribution in [0.3, 0.4) is 0 Å². The van der Waals surface area contributed by atoms with Crippen LogP contribution >= 0.6 is 11.8 Å². The van der Waals surface area contributed by atoms with Crippen molar-refractivity contribution in [2.45, 2.75) is 30.6 Å². The Kier molecular flexibility index (Phi) is 1.34. The molecule has 0 spiro atoms. The highest BCUT2D eigenvalue weighted by Crippen LogP contribution is 2.55. The Morgan fingerprint density at radius 3 is 2.91 bits per heavy atom. The molecule has 0 aromatic rings. The molecule has 0 aromatic heterocycles. The normalized spacial score (nSPS) is 60.3. The summed E-state index contributed by atoms with van der Waals surface area (Å²) in [7, 11) is 0. The van der Waals surface area contributed by atoms with Gasteiger partial charge in [0.2, 0.25) is 0 Å². The summed E-state index contributed by atoms with van der Waals surface area (Å²) in [5.41, 5.74) is 0. The molecule has 1 nitrogen and oxygen atoms in total. The van der Waals surface area contributed by atoms with Crippen LogP contribution in [0.5, 0.6) is 0 Å². The van der Waals surface area contributed by atoms with Crippen molar-refractivity contribution >= 4 is 11.8 Å². The third-order valence-electron chi connectivity index (χ3n) is 3.83. The third-order valence-corrected chi connectivity index (χ3v) is 5.46. The molecule has 1 heterocycles. The molecule has 0 amide bonds. The van der Waals surface area contributed by atoms with Crippen LogP contribution in [-0.4, -0.2) is 22.2 Å². The quantitative estimate of drug-likeness (QED) is 0.594. The molecule has 3 saturated carbocycles. The Hall–Kier alpha value is 0.310. The molecule has 1 N–H and O–H groups in total. The number of rotatable bonds is 0. The second-order valence-corrected chi connectivity index (χ2v) is 5.50. The number of aliphatic hydroxyl groups excluding tert-OH is 1. The molecule has 5 atom stereocenters. The molecule has 11 heavy (non-hydrogen) atoms. The number of hydrogen-bond acceptors (Lipinski definition) is 2. The fraction of sp³-hybridized carbons (Fsp3) is 1.00. The molecule has 62 valence electrons. The van der Waals surface area contributed by atoms with E-state index in [0.717, 1.165) is 11.8 Å². The van der Waals surface area contributed by atoms with E-state index in [-0.39, 0.29) is 6.10 Å². The zero-order valence-electron chi connectivity index (χ0n) is 6.57. The third kappa shape index (κ3) is 0.775. The van der Waals surface area contributed by atoms with Crippen LogP contribution in [0.1, 0.15) is 19.3 Å². The molecule has 0 radical (unpaired) electrons. The van der Waals surface area contributed by atoms with Gasteiger partial charge in [0.05, 0.1) is 6.10 Å². The van der Waals surface area contributed by atoms with Crippen LogP contribution < -0.4 is 0 Å². The number of hydrogen-bond donors (Lipinski definition) is 1. The smallest absolute Gasteiger partial charge is 0.0689 e. The van der Waals surface area contributed by atoms with E-state index in [1.807, 2.05) is 11.8 Å². The van der Waals surface area contributed by atoms with Crippen molar-refractivity contribution in [3.63, 3.8) is 0 Å². The van der Waals surface area contributed by atoms with Crippen LogP contribution in [0.15, 0.2) is 0 Å². The fourth-order valence-electron chi connectivity index (χ4n) is 3.24. The molecule has 4 rings (SSSR count). The molecule has 3 aliphatic carbocycles. The van der Waals surface area contributed by atoms with E-state index < -0.39 is 0 Å². The van der Waals surface area contributed by atoms with Crippen LogP contribution in [0.4, 0.5) is 0 Å². The van der Waals surface area contributed by atoms with E-state index >= 15 is 0 Å². The van der Waals surface area contributed by atoms with Gasteiger partial charge in [-0.05, 0) is 42.8 Å². The lowest BCUT2D eigenvalue weighted by Crippen LogP contribution is -2.46. The first kappa shape index (κ1) is 6.79. The van der Waals surface area contributed by atoms with E-state index in [9.17, 15) is 5.11 Å². The molecule has 5 unspecified atom stereocenters. The largest absolute Gasteiger partial charge is 0.392 e. The van der Waals surface area contributed by atoms with Crippen molar-refractivity contribution in [3.8, 4) is 0 Å². The number of fused-ring (bicyclic) bond motifs is 1. The Labute approximate surface area is 71.6 Å². The minimum absolute atomic E-state index is 0.0532. The van der Waals surface area contributed by atoms with Crippen LogP contribution in [0.25, 0.3) is 0 Å². The average Bonchev–Trinajstić information content (AvgIpc) is 2.39. The van der Waals surface area contributed by atoms with Gasteiger partial charge in [-0.25, -0.2) is 0 Å². The standard InChI is InChI=1S/C9H14OS/c10-8-5-1-2-7-6(3-5)4-11-9(7)8/h5-10H,1-4H2. The van der Waals surface area contributed by atoms with Crippen molar-refractivity contribution in [2.24, 2.45) is 17.8 Å². The van der Waals surface area contributed by atoms with Gasteiger partial charge in [-0.2, -0.15) is 11.8 Å². The average molecular weight is 170 g/mol. The fourth-order valence-corrected chi connectivity index (χ4v) is 5.11. The lowest BCUT2D eigenvalue weighted by molar-refractivity contribution is -0.00900. The van der Waals surface area contributed by atoms with E-state index in [4.69, 9.17) is 0 Å². The predicted molar refractivity (Wildman–Crippen MR) is 46.6 cm³/mol. The van der Waals surface area contributed by atoms with E-state index in [1.54, 1.807) is 0 Å². The summed E-state index contributed by atoms with van der Waals surface area (Å²) < 4.78 is 0. The van der Waals surface area contributed by atoms with Gasteiger partial charge >= 0.3 is 0 Å². The van der Waals surface area contributed by atoms with Gasteiger partial charge < -0.3 is 5.11 Å². The summed E-state index contributed by atoms with van der Waals surface area (Å²) in [5.74, 6) is 3.88. The molecule has 2 heteroatoms. The first-order valence-corrected chi connectivity index (χ1v) is 5.71. The summed E-state index contributed by atoms with van der Waals surface area (Å²) >= 11 is 2.03. The minimum atomic E-state index is 0.0532. The highest BCUT2D eigenvalue weighted by molar-refractivity contribution is 8.00. The number of aliphatic hydroxyl groups is 1. The predicted octanol–water partition coefficient (Wildman–Crippen LogP) is 1.51. The maximum absolute atomic E-state index is 9.86. The van der Waals surface area contributed by atoms with Gasteiger partial charge in [0.1, 0.15) is 0 Å². The van der Waals surface area contributed by atoms with E-state index in [1.165, 1.54) is 25.0 Å². The van der Waals surface area contributed by atoms with E-state index in [2.05, 4.69) is 0 Å². The SMILES string of the molecule is OC1C2CCC3C(CSC13)C2. The van der Waals surface area contributed by atoms with Crippen LogP contribution in [0, 0.1) is 17.8 Å². The van der Waals surface area contributed by atoms with Gasteiger partial charge in [-0.15, -0.1) is 0 Å². The summed E-state index contributed by atoms with van der Waals surface area (Å²) in [4.78, 5) is 0. The number of thioether (sulfide) groups is 1. The topological polar surface area (TPSA) is 20.2 Å². The summed E-state index contributed by atoms with van der Waals surface area (Å²) in [6.45, 7) is 0. The summed E-state index contributed by atoms with van der Waals surface area (Å²) in [5, 5.41) is 10.5. The van der Waals surface area contributed by atoms with Crippen LogP contribution in [-0.2, 0) is 0 Å². The first-order valence-electron chi connectivity index (χ1n) is 4.66. The van der Waals surface area contributed by atoms with E-state index in [0.29, 0.717) is 11.2 Å². The molecular weight excluding hydrogens is 156 g/mol. The van der Waals surface area contributed by atoms with Crippen molar-refractivity contribution in [1.82, 2.24) is 0 Å². The molecule has 4 fully saturated rings. The first-order chi connectivity index (χ1) is 5.36. The Morgan fingerprint density at radius 1 is 1.18 bits per heavy atom. The molecular formula is C9H14OS. The van der Waals surface area contributed by atoms with Gasteiger partial charge in [0.15, 0.2) is 0 Å². The lowest BCUT2D eigenvalue weighted by atomic mass is 9.64. The second-order valence-electron chi connectivity index (χ2n) is 4.29. The monoisotopic (exact) mass is 170 g/mol. The molecule has 4 aliphatic rings. The van der Waals surface area contributed by atoms with Gasteiger partial charge in [0.25, 0.3) is 0 Å². The Morgan fingerprint density at radius 2 is 2.09 bits per heavy atom. The Bertz CT molecular complexity index is 178. The summed E-state index contributed by atoms with van der Waals surface area (Å²) in [6, 6.07) is 0. The van der Waals surface area contributed by atoms with Gasteiger partial charge in [0, 0.05) is 5.25 Å². The summed E-state index contributed by atoms with van der Waals surface area (Å²) in [6.07, 6.45) is 4.09.